The standard InChI is InChI=1S/C25H25ClFN3O4S/c1-2-34-20-12-15(11-16(20)14-28-25(33)21-8-9-22(26)35-21)24(32)29-19-7-6-17(13-18(19)27)30-10-4-3-5-23(30)31/h3-10,13,15-16,20H,2,11-12,14H2,1H3,(H,28,33)(H,29,32). The van der Waals surface area contributed by atoms with Crippen LogP contribution in [-0.4, -0.2) is 35.6 Å². The van der Waals surface area contributed by atoms with Crippen molar-refractivity contribution in [3.8, 4) is 5.69 Å². The maximum Gasteiger partial charge on any atom is 0.261 e. The summed E-state index contributed by atoms with van der Waals surface area (Å²) >= 11 is 7.11. The van der Waals surface area contributed by atoms with Crippen LogP contribution in [0.3, 0.4) is 0 Å². The van der Waals surface area contributed by atoms with E-state index in [1.165, 1.54) is 34.1 Å². The fraction of sp³-hybridized carbons (Fsp3) is 0.320. The number of halogens is 2. The number of rotatable bonds is 8. The Balaban J connectivity index is 1.39. The van der Waals surface area contributed by atoms with Gasteiger partial charge in [0.05, 0.1) is 26.7 Å². The molecule has 0 radical (unpaired) electrons. The van der Waals surface area contributed by atoms with Crippen LogP contribution in [-0.2, 0) is 9.53 Å². The lowest BCUT2D eigenvalue weighted by atomic mass is 10.0. The molecule has 1 fully saturated rings. The third-order valence-corrected chi connectivity index (χ3v) is 7.24. The largest absolute Gasteiger partial charge is 0.378 e. The first-order valence-electron chi connectivity index (χ1n) is 11.3. The maximum atomic E-state index is 14.8. The zero-order chi connectivity index (χ0) is 24.9. The molecule has 1 aromatic carbocycles. The van der Waals surface area contributed by atoms with Crippen LogP contribution in [0.4, 0.5) is 10.1 Å². The van der Waals surface area contributed by atoms with Gasteiger partial charge >= 0.3 is 0 Å². The van der Waals surface area contributed by atoms with Crippen molar-refractivity contribution in [3.05, 3.63) is 80.1 Å². The van der Waals surface area contributed by atoms with Gasteiger partial charge in [-0.3, -0.25) is 19.0 Å². The highest BCUT2D eigenvalue weighted by Crippen LogP contribution is 2.34. The molecule has 3 unspecified atom stereocenters. The van der Waals surface area contributed by atoms with Gasteiger partial charge in [-0.05, 0) is 50.1 Å². The van der Waals surface area contributed by atoms with E-state index < -0.39 is 5.82 Å². The molecular formula is C25H25ClFN3O4S. The molecular weight excluding hydrogens is 493 g/mol. The van der Waals surface area contributed by atoms with E-state index in [2.05, 4.69) is 10.6 Å². The summed E-state index contributed by atoms with van der Waals surface area (Å²) in [6.07, 6.45) is 2.33. The first kappa shape index (κ1) is 25.1. The Morgan fingerprint density at radius 3 is 2.71 bits per heavy atom. The van der Waals surface area contributed by atoms with Gasteiger partial charge in [0.25, 0.3) is 11.5 Å². The second kappa shape index (κ2) is 11.2. The minimum absolute atomic E-state index is 0.0435. The molecule has 2 N–H and O–H groups in total. The molecule has 35 heavy (non-hydrogen) atoms. The molecule has 1 aliphatic rings. The van der Waals surface area contributed by atoms with Crippen LogP contribution in [0.1, 0.15) is 29.4 Å². The third-order valence-electron chi connectivity index (χ3n) is 6.01. The summed E-state index contributed by atoms with van der Waals surface area (Å²) in [5.74, 6) is -1.60. The molecule has 0 spiro atoms. The van der Waals surface area contributed by atoms with E-state index in [0.29, 0.717) is 40.9 Å². The van der Waals surface area contributed by atoms with Gasteiger partial charge < -0.3 is 15.4 Å². The monoisotopic (exact) mass is 517 g/mol. The minimum atomic E-state index is -0.635. The quantitative estimate of drug-likeness (QED) is 0.460. The lowest BCUT2D eigenvalue weighted by molar-refractivity contribution is -0.120. The molecule has 1 aliphatic carbocycles. The van der Waals surface area contributed by atoms with Gasteiger partial charge in [0.15, 0.2) is 0 Å². The SMILES string of the molecule is CCOC1CC(C(=O)Nc2ccc(-n3ccccc3=O)cc2F)CC1CNC(=O)c1ccc(Cl)s1. The molecule has 2 amide bonds. The van der Waals surface area contributed by atoms with Gasteiger partial charge in [0.2, 0.25) is 5.91 Å². The number of carbonyl (C=O) groups is 2. The number of nitrogens with one attached hydrogen (secondary N) is 2. The highest BCUT2D eigenvalue weighted by molar-refractivity contribution is 7.18. The molecule has 4 rings (SSSR count). The van der Waals surface area contributed by atoms with Gasteiger partial charge in [-0.25, -0.2) is 4.39 Å². The Kier molecular flexibility index (Phi) is 8.00. The van der Waals surface area contributed by atoms with E-state index in [1.54, 1.807) is 36.5 Å². The zero-order valence-electron chi connectivity index (χ0n) is 19.0. The van der Waals surface area contributed by atoms with Crippen LogP contribution >= 0.6 is 22.9 Å². The van der Waals surface area contributed by atoms with Crippen molar-refractivity contribution in [1.29, 1.82) is 0 Å². The van der Waals surface area contributed by atoms with Crippen LogP contribution in [0.15, 0.2) is 59.5 Å². The first-order chi connectivity index (χ1) is 16.9. The molecule has 2 aromatic heterocycles. The average Bonchev–Trinajstić information content (AvgIpc) is 3.46. The number of hydrogen-bond donors (Lipinski definition) is 2. The van der Waals surface area contributed by atoms with Crippen molar-refractivity contribution in [1.82, 2.24) is 9.88 Å². The minimum Gasteiger partial charge on any atom is -0.378 e. The van der Waals surface area contributed by atoms with Gasteiger partial charge in [-0.1, -0.05) is 17.7 Å². The second-order valence-corrected chi connectivity index (χ2v) is 10.0. The van der Waals surface area contributed by atoms with Crippen molar-refractivity contribution in [3.63, 3.8) is 0 Å². The summed E-state index contributed by atoms with van der Waals surface area (Å²) in [6, 6.07) is 12.2. The number of anilines is 1. The molecule has 0 bridgehead atoms. The van der Waals surface area contributed by atoms with Crippen molar-refractivity contribution in [2.45, 2.75) is 25.9 Å². The van der Waals surface area contributed by atoms with Gasteiger partial charge in [-0.2, -0.15) is 0 Å². The number of aromatic nitrogens is 1. The highest BCUT2D eigenvalue weighted by Gasteiger charge is 2.38. The Morgan fingerprint density at radius 2 is 2.03 bits per heavy atom. The van der Waals surface area contributed by atoms with E-state index in [1.807, 2.05) is 6.92 Å². The predicted molar refractivity (Wildman–Crippen MR) is 134 cm³/mol. The Hall–Kier alpha value is -3.01. The molecule has 10 heteroatoms. The Labute approximate surface area is 210 Å². The average molecular weight is 518 g/mol. The first-order valence-corrected chi connectivity index (χ1v) is 12.5. The zero-order valence-corrected chi connectivity index (χ0v) is 20.6. The second-order valence-electron chi connectivity index (χ2n) is 8.30. The fourth-order valence-electron chi connectivity index (χ4n) is 4.31. The van der Waals surface area contributed by atoms with Crippen molar-refractivity contribution in [2.75, 3.05) is 18.5 Å². The van der Waals surface area contributed by atoms with Crippen molar-refractivity contribution >= 4 is 40.4 Å². The molecule has 7 nitrogen and oxygen atoms in total. The maximum absolute atomic E-state index is 14.8. The van der Waals surface area contributed by atoms with Gasteiger partial charge in [0, 0.05) is 43.3 Å². The molecule has 0 saturated heterocycles. The summed E-state index contributed by atoms with van der Waals surface area (Å²) in [7, 11) is 0. The Morgan fingerprint density at radius 1 is 1.20 bits per heavy atom. The highest BCUT2D eigenvalue weighted by atomic mass is 35.5. The predicted octanol–water partition coefficient (Wildman–Crippen LogP) is 4.49. The van der Waals surface area contributed by atoms with E-state index in [0.717, 1.165) is 0 Å². The van der Waals surface area contributed by atoms with Crippen LogP contribution in [0.5, 0.6) is 0 Å². The topological polar surface area (TPSA) is 89.4 Å². The van der Waals surface area contributed by atoms with Crippen LogP contribution < -0.4 is 16.2 Å². The van der Waals surface area contributed by atoms with E-state index in [-0.39, 0.29) is 41.0 Å². The molecule has 3 aromatic rings. The third kappa shape index (κ3) is 5.98. The number of amides is 2. The van der Waals surface area contributed by atoms with Crippen molar-refractivity contribution < 1.29 is 18.7 Å². The number of hydrogen-bond acceptors (Lipinski definition) is 5. The van der Waals surface area contributed by atoms with Crippen LogP contribution in [0, 0.1) is 17.7 Å². The summed E-state index contributed by atoms with van der Waals surface area (Å²) < 4.78 is 22.4. The molecule has 2 heterocycles. The normalized spacial score (nSPS) is 19.5. The lowest BCUT2D eigenvalue weighted by Gasteiger charge is -2.19. The number of ether oxygens (including phenoxy) is 1. The van der Waals surface area contributed by atoms with Gasteiger partial charge in [-0.15, -0.1) is 11.3 Å². The lowest BCUT2D eigenvalue weighted by Crippen LogP contribution is -2.33. The number of benzene rings is 1. The molecule has 0 aliphatic heterocycles. The summed E-state index contributed by atoms with van der Waals surface area (Å²) in [6.45, 7) is 2.72. The summed E-state index contributed by atoms with van der Waals surface area (Å²) in [5.41, 5.74) is 0.130. The number of pyridine rings is 1. The number of nitrogens with zero attached hydrogens (tertiary/aromatic N) is 1. The van der Waals surface area contributed by atoms with E-state index >= 15 is 0 Å². The fourth-order valence-corrected chi connectivity index (χ4v) is 5.27. The summed E-state index contributed by atoms with van der Waals surface area (Å²) in [5, 5.41) is 5.57. The smallest absolute Gasteiger partial charge is 0.261 e. The molecule has 184 valence electrons. The Bertz CT molecular complexity index is 1280. The molecule has 3 atom stereocenters. The van der Waals surface area contributed by atoms with Crippen molar-refractivity contribution in [2.24, 2.45) is 11.8 Å². The number of thiophene rings is 1. The van der Waals surface area contributed by atoms with E-state index in [4.69, 9.17) is 16.3 Å². The van der Waals surface area contributed by atoms with Crippen LogP contribution in [0.25, 0.3) is 5.69 Å². The van der Waals surface area contributed by atoms with Gasteiger partial charge in [0.1, 0.15) is 5.82 Å². The molecule has 1 saturated carbocycles. The number of carbonyl (C=O) groups excluding carboxylic acids is 2. The van der Waals surface area contributed by atoms with Crippen LogP contribution in [0.2, 0.25) is 4.34 Å². The van der Waals surface area contributed by atoms with E-state index in [9.17, 15) is 18.8 Å². The summed E-state index contributed by atoms with van der Waals surface area (Å²) in [4.78, 5) is 37.8.